The Morgan fingerprint density at radius 3 is 2.39 bits per heavy atom. The first kappa shape index (κ1) is 14.3. The van der Waals surface area contributed by atoms with Crippen LogP contribution in [0.1, 0.15) is 65.2 Å². The Kier molecular flexibility index (Phi) is 5.97. The third-order valence-corrected chi connectivity index (χ3v) is 5.01. The molecule has 1 aliphatic heterocycles. The Morgan fingerprint density at radius 2 is 1.78 bits per heavy atom. The van der Waals surface area contributed by atoms with Crippen molar-refractivity contribution in [1.82, 2.24) is 10.2 Å². The van der Waals surface area contributed by atoms with E-state index < -0.39 is 0 Å². The molecule has 1 N–H and O–H groups in total. The van der Waals surface area contributed by atoms with Crippen molar-refractivity contribution in [2.75, 3.05) is 19.6 Å². The molecule has 2 aliphatic rings. The fourth-order valence-corrected chi connectivity index (χ4v) is 3.64. The normalized spacial score (nSPS) is 31.0. The monoisotopic (exact) mass is 252 g/mol. The van der Waals surface area contributed by atoms with Gasteiger partial charge in [-0.2, -0.15) is 0 Å². The number of hydrogen-bond donors (Lipinski definition) is 1. The molecule has 0 bridgehead atoms. The van der Waals surface area contributed by atoms with Crippen LogP contribution < -0.4 is 5.32 Å². The topological polar surface area (TPSA) is 15.3 Å². The number of piperidine rings is 1. The zero-order valence-corrected chi connectivity index (χ0v) is 12.5. The summed E-state index contributed by atoms with van der Waals surface area (Å²) in [5.41, 5.74) is 0. The van der Waals surface area contributed by atoms with Crippen molar-refractivity contribution in [2.45, 2.75) is 77.3 Å². The van der Waals surface area contributed by atoms with Crippen LogP contribution in [0.25, 0.3) is 0 Å². The summed E-state index contributed by atoms with van der Waals surface area (Å²) >= 11 is 0. The Hall–Kier alpha value is -0.0800. The van der Waals surface area contributed by atoms with Gasteiger partial charge in [0.05, 0.1) is 0 Å². The summed E-state index contributed by atoms with van der Waals surface area (Å²) in [6.45, 7) is 8.60. The Bertz CT molecular complexity index is 221. The summed E-state index contributed by atoms with van der Waals surface area (Å²) in [5.74, 6) is 1.01. The number of nitrogens with zero attached hydrogens (tertiary/aromatic N) is 1. The van der Waals surface area contributed by atoms with Crippen LogP contribution in [-0.2, 0) is 0 Å². The van der Waals surface area contributed by atoms with E-state index in [0.717, 1.165) is 18.0 Å². The lowest BCUT2D eigenvalue weighted by molar-refractivity contribution is 0.188. The molecule has 2 rings (SSSR count). The van der Waals surface area contributed by atoms with Crippen molar-refractivity contribution in [3.05, 3.63) is 0 Å². The second-order valence-corrected chi connectivity index (χ2v) is 6.42. The fraction of sp³-hybridized carbons (Fsp3) is 1.00. The molecule has 2 nitrogen and oxygen atoms in total. The highest BCUT2D eigenvalue weighted by molar-refractivity contribution is 4.85. The summed E-state index contributed by atoms with van der Waals surface area (Å²) in [7, 11) is 0. The molecule has 106 valence electrons. The van der Waals surface area contributed by atoms with Gasteiger partial charge in [0.25, 0.3) is 0 Å². The molecule has 18 heavy (non-hydrogen) atoms. The molecule has 2 fully saturated rings. The smallest absolute Gasteiger partial charge is 0.00940 e. The number of rotatable bonds is 6. The minimum Gasteiger partial charge on any atom is -0.311 e. The van der Waals surface area contributed by atoms with E-state index in [1.807, 2.05) is 0 Å². The standard InChI is InChI=1S/C16H32N2/c1-3-5-10-18-11-8-15(9-12-18)17-16-7-6-14(4-2)13-16/h14-17H,3-13H2,1-2H3. The van der Waals surface area contributed by atoms with Crippen LogP contribution in [0.4, 0.5) is 0 Å². The van der Waals surface area contributed by atoms with Gasteiger partial charge in [-0.1, -0.05) is 26.7 Å². The number of likely N-dealkylation sites (tertiary alicyclic amines) is 1. The van der Waals surface area contributed by atoms with Crippen LogP contribution in [0.5, 0.6) is 0 Å². The van der Waals surface area contributed by atoms with Gasteiger partial charge in [-0.15, -0.1) is 0 Å². The summed E-state index contributed by atoms with van der Waals surface area (Å²) < 4.78 is 0. The van der Waals surface area contributed by atoms with Gasteiger partial charge in [-0.25, -0.2) is 0 Å². The highest BCUT2D eigenvalue weighted by Crippen LogP contribution is 2.28. The third-order valence-electron chi connectivity index (χ3n) is 5.01. The molecule has 0 aromatic rings. The SMILES string of the molecule is CCCCN1CCC(NC2CCC(CC)C2)CC1. The van der Waals surface area contributed by atoms with Crippen LogP contribution in [0, 0.1) is 5.92 Å². The van der Waals surface area contributed by atoms with E-state index in [0.29, 0.717) is 0 Å². The molecule has 2 unspecified atom stereocenters. The summed E-state index contributed by atoms with van der Waals surface area (Å²) in [5, 5.41) is 3.93. The lowest BCUT2D eigenvalue weighted by Gasteiger charge is -2.34. The van der Waals surface area contributed by atoms with Gasteiger partial charge in [-0.3, -0.25) is 0 Å². The van der Waals surface area contributed by atoms with Gasteiger partial charge in [0, 0.05) is 12.1 Å². The molecule has 2 heteroatoms. The van der Waals surface area contributed by atoms with E-state index >= 15 is 0 Å². The molecule has 1 aliphatic carbocycles. The van der Waals surface area contributed by atoms with Gasteiger partial charge in [-0.05, 0) is 64.1 Å². The van der Waals surface area contributed by atoms with Crippen molar-refractivity contribution in [3.63, 3.8) is 0 Å². The van der Waals surface area contributed by atoms with Crippen molar-refractivity contribution in [3.8, 4) is 0 Å². The molecule has 0 spiro atoms. The first-order chi connectivity index (χ1) is 8.81. The highest BCUT2D eigenvalue weighted by Gasteiger charge is 2.26. The second-order valence-electron chi connectivity index (χ2n) is 6.42. The van der Waals surface area contributed by atoms with Crippen molar-refractivity contribution >= 4 is 0 Å². The van der Waals surface area contributed by atoms with E-state index in [1.54, 1.807) is 0 Å². The maximum absolute atomic E-state index is 3.93. The predicted molar refractivity (Wildman–Crippen MR) is 78.9 cm³/mol. The van der Waals surface area contributed by atoms with E-state index in [9.17, 15) is 0 Å². The summed E-state index contributed by atoms with van der Waals surface area (Å²) in [6.07, 6.45) is 11.2. The molecule has 1 saturated heterocycles. The van der Waals surface area contributed by atoms with E-state index in [2.05, 4.69) is 24.1 Å². The minimum atomic E-state index is 0.809. The number of nitrogens with one attached hydrogen (secondary N) is 1. The zero-order chi connectivity index (χ0) is 12.8. The number of unbranched alkanes of at least 4 members (excludes halogenated alkanes) is 1. The largest absolute Gasteiger partial charge is 0.311 e. The van der Waals surface area contributed by atoms with Crippen molar-refractivity contribution in [1.29, 1.82) is 0 Å². The summed E-state index contributed by atoms with van der Waals surface area (Å²) in [4.78, 5) is 2.66. The molecular formula is C16H32N2. The minimum absolute atomic E-state index is 0.809. The van der Waals surface area contributed by atoms with Crippen LogP contribution >= 0.6 is 0 Å². The van der Waals surface area contributed by atoms with Crippen LogP contribution in [0.15, 0.2) is 0 Å². The van der Waals surface area contributed by atoms with E-state index in [1.165, 1.54) is 71.0 Å². The average molecular weight is 252 g/mol. The van der Waals surface area contributed by atoms with Crippen molar-refractivity contribution in [2.24, 2.45) is 5.92 Å². The lowest BCUT2D eigenvalue weighted by atomic mass is 10.0. The Balaban J connectivity index is 1.62. The van der Waals surface area contributed by atoms with Crippen molar-refractivity contribution < 1.29 is 0 Å². The van der Waals surface area contributed by atoms with Gasteiger partial charge in [0.15, 0.2) is 0 Å². The van der Waals surface area contributed by atoms with Gasteiger partial charge in [0.2, 0.25) is 0 Å². The van der Waals surface area contributed by atoms with Gasteiger partial charge in [0.1, 0.15) is 0 Å². The molecule has 0 radical (unpaired) electrons. The fourth-order valence-electron chi connectivity index (χ4n) is 3.64. The average Bonchev–Trinajstić information content (AvgIpc) is 2.86. The van der Waals surface area contributed by atoms with Crippen LogP contribution in [0.2, 0.25) is 0 Å². The molecule has 0 aromatic carbocycles. The van der Waals surface area contributed by atoms with Crippen LogP contribution in [0.3, 0.4) is 0 Å². The first-order valence-electron chi connectivity index (χ1n) is 8.30. The van der Waals surface area contributed by atoms with E-state index in [-0.39, 0.29) is 0 Å². The van der Waals surface area contributed by atoms with Gasteiger partial charge >= 0.3 is 0 Å². The third kappa shape index (κ3) is 4.24. The Labute approximate surface area is 114 Å². The zero-order valence-electron chi connectivity index (χ0n) is 12.5. The molecule has 1 heterocycles. The predicted octanol–water partition coefficient (Wildman–Crippen LogP) is 3.42. The highest BCUT2D eigenvalue weighted by atomic mass is 15.1. The Morgan fingerprint density at radius 1 is 1.00 bits per heavy atom. The molecule has 1 saturated carbocycles. The molecular weight excluding hydrogens is 220 g/mol. The van der Waals surface area contributed by atoms with E-state index in [4.69, 9.17) is 0 Å². The summed E-state index contributed by atoms with van der Waals surface area (Å²) in [6, 6.07) is 1.64. The van der Waals surface area contributed by atoms with Crippen LogP contribution in [-0.4, -0.2) is 36.6 Å². The molecule has 2 atom stereocenters. The maximum Gasteiger partial charge on any atom is 0.00940 e. The first-order valence-corrected chi connectivity index (χ1v) is 8.30. The lowest BCUT2D eigenvalue weighted by Crippen LogP contribution is -2.45. The van der Waals surface area contributed by atoms with Gasteiger partial charge < -0.3 is 10.2 Å². The quantitative estimate of drug-likeness (QED) is 0.779. The number of hydrogen-bond acceptors (Lipinski definition) is 2. The molecule has 0 aromatic heterocycles. The second kappa shape index (κ2) is 7.49. The molecule has 0 amide bonds. The maximum atomic E-state index is 3.93.